The van der Waals surface area contributed by atoms with Gasteiger partial charge in [0.1, 0.15) is 4.90 Å². The van der Waals surface area contributed by atoms with E-state index in [-0.39, 0.29) is 10.9 Å². The minimum atomic E-state index is -3.42. The van der Waals surface area contributed by atoms with Gasteiger partial charge in [0.15, 0.2) is 0 Å². The molecule has 1 heterocycles. The molecule has 2 rings (SSSR count). The van der Waals surface area contributed by atoms with Crippen molar-refractivity contribution in [3.8, 4) is 0 Å². The number of aromatic nitrogens is 2. The summed E-state index contributed by atoms with van der Waals surface area (Å²) in [6.45, 7) is 5.78. The smallest absolute Gasteiger partial charge is 0.246 e. The van der Waals surface area contributed by atoms with Crippen LogP contribution in [0.3, 0.4) is 0 Å². The van der Waals surface area contributed by atoms with Crippen LogP contribution in [0.15, 0.2) is 17.3 Å². The number of hydrogen-bond acceptors (Lipinski definition) is 4. The van der Waals surface area contributed by atoms with E-state index in [1.165, 1.54) is 6.20 Å². The first kappa shape index (κ1) is 15.5. The molecule has 0 spiro atoms. The standard InChI is InChI=1S/C13H24N4O2S/c1-11(2)5-7-17(12-3-4-12)20(18,19)13-9-15-16(10-13)8-6-14/h9-12H,3-8,14H2,1-2H3. The second-order valence-corrected chi connectivity index (χ2v) is 7.65. The number of hydrogen-bond donors (Lipinski definition) is 1. The van der Waals surface area contributed by atoms with Gasteiger partial charge in [0, 0.05) is 25.3 Å². The molecule has 1 aliphatic rings. The van der Waals surface area contributed by atoms with Crippen LogP contribution in [0.4, 0.5) is 0 Å². The Bertz CT molecular complexity index is 534. The molecule has 0 unspecified atom stereocenters. The average molecular weight is 300 g/mol. The largest absolute Gasteiger partial charge is 0.329 e. The highest BCUT2D eigenvalue weighted by atomic mass is 32.2. The number of nitrogens with two attached hydrogens (primary N) is 1. The molecule has 6 nitrogen and oxygen atoms in total. The lowest BCUT2D eigenvalue weighted by Crippen LogP contribution is -2.34. The highest BCUT2D eigenvalue weighted by Crippen LogP contribution is 2.32. The SMILES string of the molecule is CC(C)CCN(C1CC1)S(=O)(=O)c1cnn(CCN)c1. The van der Waals surface area contributed by atoms with Gasteiger partial charge in [0.05, 0.1) is 12.7 Å². The summed E-state index contributed by atoms with van der Waals surface area (Å²) in [5, 5.41) is 4.06. The van der Waals surface area contributed by atoms with Gasteiger partial charge in [0.25, 0.3) is 0 Å². The Labute approximate surface area is 121 Å². The van der Waals surface area contributed by atoms with E-state index in [1.54, 1.807) is 15.2 Å². The van der Waals surface area contributed by atoms with Crippen molar-refractivity contribution < 1.29 is 8.42 Å². The predicted octanol–water partition coefficient (Wildman–Crippen LogP) is 1.04. The molecule has 1 saturated carbocycles. The van der Waals surface area contributed by atoms with Crippen molar-refractivity contribution in [1.82, 2.24) is 14.1 Å². The first-order chi connectivity index (χ1) is 9.45. The van der Waals surface area contributed by atoms with Gasteiger partial charge < -0.3 is 5.73 Å². The highest BCUT2D eigenvalue weighted by Gasteiger charge is 2.38. The Morgan fingerprint density at radius 3 is 2.75 bits per heavy atom. The summed E-state index contributed by atoms with van der Waals surface area (Å²) in [7, 11) is -3.42. The summed E-state index contributed by atoms with van der Waals surface area (Å²) in [4.78, 5) is 0.279. The first-order valence-corrected chi connectivity index (χ1v) is 8.63. The van der Waals surface area contributed by atoms with E-state index in [2.05, 4.69) is 18.9 Å². The molecule has 1 aromatic rings. The maximum Gasteiger partial charge on any atom is 0.246 e. The third-order valence-electron chi connectivity index (χ3n) is 3.46. The Kier molecular flexibility index (Phi) is 4.82. The van der Waals surface area contributed by atoms with E-state index < -0.39 is 10.0 Å². The van der Waals surface area contributed by atoms with Crippen LogP contribution in [0.5, 0.6) is 0 Å². The molecule has 2 N–H and O–H groups in total. The molecule has 0 aromatic carbocycles. The van der Waals surface area contributed by atoms with Crippen LogP contribution in [0, 0.1) is 5.92 Å². The Morgan fingerprint density at radius 2 is 2.20 bits per heavy atom. The summed E-state index contributed by atoms with van der Waals surface area (Å²) in [6.07, 6.45) is 5.82. The lowest BCUT2D eigenvalue weighted by atomic mass is 10.1. The lowest BCUT2D eigenvalue weighted by Gasteiger charge is -2.21. The average Bonchev–Trinajstić information content (AvgIpc) is 3.07. The zero-order valence-electron chi connectivity index (χ0n) is 12.2. The Morgan fingerprint density at radius 1 is 1.50 bits per heavy atom. The molecule has 20 heavy (non-hydrogen) atoms. The minimum absolute atomic E-state index is 0.177. The molecule has 7 heteroatoms. The van der Waals surface area contributed by atoms with Crippen molar-refractivity contribution in [2.45, 2.75) is 50.6 Å². The Hall–Kier alpha value is -0.920. The second kappa shape index (κ2) is 6.24. The third-order valence-corrected chi connectivity index (χ3v) is 5.36. The predicted molar refractivity (Wildman–Crippen MR) is 77.7 cm³/mol. The number of rotatable bonds is 8. The van der Waals surface area contributed by atoms with E-state index in [4.69, 9.17) is 5.73 Å². The quantitative estimate of drug-likeness (QED) is 0.778. The van der Waals surface area contributed by atoms with E-state index >= 15 is 0 Å². The first-order valence-electron chi connectivity index (χ1n) is 7.19. The molecular formula is C13H24N4O2S. The maximum absolute atomic E-state index is 12.7. The molecule has 0 saturated heterocycles. The van der Waals surface area contributed by atoms with Gasteiger partial charge >= 0.3 is 0 Å². The van der Waals surface area contributed by atoms with Crippen molar-refractivity contribution in [1.29, 1.82) is 0 Å². The summed E-state index contributed by atoms with van der Waals surface area (Å²) in [6, 6.07) is 0.177. The molecule has 0 aliphatic heterocycles. The van der Waals surface area contributed by atoms with Crippen molar-refractivity contribution in [3.05, 3.63) is 12.4 Å². The summed E-state index contributed by atoms with van der Waals surface area (Å²) in [5.41, 5.74) is 5.46. The fourth-order valence-electron chi connectivity index (χ4n) is 2.11. The molecule has 0 atom stereocenters. The number of sulfonamides is 1. The van der Waals surface area contributed by atoms with E-state index in [0.717, 1.165) is 19.3 Å². The fourth-order valence-corrected chi connectivity index (χ4v) is 3.77. The van der Waals surface area contributed by atoms with E-state index in [9.17, 15) is 8.42 Å². The molecule has 114 valence electrons. The molecule has 1 aliphatic carbocycles. The van der Waals surface area contributed by atoms with Crippen molar-refractivity contribution >= 4 is 10.0 Å². The van der Waals surface area contributed by atoms with Crippen LogP contribution >= 0.6 is 0 Å². The zero-order chi connectivity index (χ0) is 14.8. The summed E-state index contributed by atoms with van der Waals surface area (Å²) >= 11 is 0. The molecule has 1 aromatic heterocycles. The fraction of sp³-hybridized carbons (Fsp3) is 0.769. The molecule has 0 amide bonds. The van der Waals surface area contributed by atoms with Crippen LogP contribution in [0.1, 0.15) is 33.1 Å². The van der Waals surface area contributed by atoms with Crippen LogP contribution in [0.25, 0.3) is 0 Å². The lowest BCUT2D eigenvalue weighted by molar-refractivity contribution is 0.373. The minimum Gasteiger partial charge on any atom is -0.329 e. The van der Waals surface area contributed by atoms with Crippen LogP contribution in [0.2, 0.25) is 0 Å². The van der Waals surface area contributed by atoms with Gasteiger partial charge in [-0.15, -0.1) is 0 Å². The van der Waals surface area contributed by atoms with Crippen molar-refractivity contribution in [2.24, 2.45) is 11.7 Å². The third kappa shape index (κ3) is 3.59. The molecule has 0 bridgehead atoms. The monoisotopic (exact) mass is 300 g/mol. The summed E-state index contributed by atoms with van der Waals surface area (Å²) in [5.74, 6) is 0.492. The molecular weight excluding hydrogens is 276 g/mol. The van der Waals surface area contributed by atoms with Gasteiger partial charge in [-0.25, -0.2) is 8.42 Å². The Balaban J connectivity index is 2.16. The van der Waals surface area contributed by atoms with Crippen LogP contribution in [-0.2, 0) is 16.6 Å². The van der Waals surface area contributed by atoms with E-state index in [0.29, 0.717) is 25.6 Å². The van der Waals surface area contributed by atoms with Crippen molar-refractivity contribution in [2.75, 3.05) is 13.1 Å². The van der Waals surface area contributed by atoms with Crippen LogP contribution < -0.4 is 5.73 Å². The van der Waals surface area contributed by atoms with Gasteiger partial charge in [-0.2, -0.15) is 9.40 Å². The second-order valence-electron chi connectivity index (χ2n) is 5.76. The number of nitrogens with zero attached hydrogens (tertiary/aromatic N) is 3. The zero-order valence-corrected chi connectivity index (χ0v) is 13.0. The van der Waals surface area contributed by atoms with Gasteiger partial charge in [-0.05, 0) is 25.2 Å². The maximum atomic E-state index is 12.7. The van der Waals surface area contributed by atoms with Gasteiger partial charge in [-0.3, -0.25) is 4.68 Å². The van der Waals surface area contributed by atoms with E-state index in [1.807, 2.05) is 0 Å². The highest BCUT2D eigenvalue weighted by molar-refractivity contribution is 7.89. The van der Waals surface area contributed by atoms with Crippen molar-refractivity contribution in [3.63, 3.8) is 0 Å². The normalized spacial score (nSPS) is 16.2. The van der Waals surface area contributed by atoms with Gasteiger partial charge in [-0.1, -0.05) is 13.8 Å². The molecule has 1 fully saturated rings. The summed E-state index contributed by atoms with van der Waals surface area (Å²) < 4.78 is 28.6. The topological polar surface area (TPSA) is 81.2 Å². The van der Waals surface area contributed by atoms with Gasteiger partial charge in [0.2, 0.25) is 10.0 Å². The molecule has 0 radical (unpaired) electrons. The van der Waals surface area contributed by atoms with Crippen LogP contribution in [-0.4, -0.2) is 41.6 Å².